The molecule has 2 heterocycles. The average Bonchev–Trinajstić information content (AvgIpc) is 3.39. The molecule has 0 spiro atoms. The number of sulfonamides is 1. The number of aromatic nitrogens is 1. The van der Waals surface area contributed by atoms with Gasteiger partial charge in [0, 0.05) is 38.8 Å². The third kappa shape index (κ3) is 6.59. The van der Waals surface area contributed by atoms with E-state index in [0.29, 0.717) is 22.9 Å². The van der Waals surface area contributed by atoms with Crippen molar-refractivity contribution in [2.45, 2.75) is 11.3 Å². The van der Waals surface area contributed by atoms with Gasteiger partial charge in [-0.1, -0.05) is 41.7 Å². The van der Waals surface area contributed by atoms with Crippen LogP contribution in [0.25, 0.3) is 10.2 Å². The molecule has 1 fully saturated rings. The van der Waals surface area contributed by atoms with E-state index < -0.39 is 10.0 Å². The molecule has 1 aliphatic rings. The van der Waals surface area contributed by atoms with Crippen LogP contribution in [0, 0.1) is 0 Å². The zero-order valence-corrected chi connectivity index (χ0v) is 24.1. The zero-order chi connectivity index (χ0) is 26.5. The first-order chi connectivity index (χ1) is 18.4. The van der Waals surface area contributed by atoms with Crippen molar-refractivity contribution in [1.82, 2.24) is 9.88 Å². The molecule has 1 aliphatic heterocycles. The summed E-state index contributed by atoms with van der Waals surface area (Å²) < 4.78 is 34.0. The number of para-hydroxylation sites is 2. The molecule has 0 aliphatic carbocycles. The van der Waals surface area contributed by atoms with E-state index >= 15 is 0 Å². The van der Waals surface area contributed by atoms with Gasteiger partial charge >= 0.3 is 0 Å². The van der Waals surface area contributed by atoms with Crippen molar-refractivity contribution in [3.05, 3.63) is 84.4 Å². The first kappa shape index (κ1) is 29.0. The van der Waals surface area contributed by atoms with Gasteiger partial charge in [0.25, 0.3) is 15.9 Å². The lowest BCUT2D eigenvalue weighted by atomic mass is 10.2. The van der Waals surface area contributed by atoms with Crippen LogP contribution < -0.4 is 9.21 Å². The number of thiazole rings is 1. The van der Waals surface area contributed by atoms with Crippen molar-refractivity contribution in [2.24, 2.45) is 0 Å². The van der Waals surface area contributed by atoms with Crippen LogP contribution in [0.1, 0.15) is 16.8 Å². The predicted molar refractivity (Wildman–Crippen MR) is 159 cm³/mol. The number of nitrogens with zero attached hydrogens (tertiary/aromatic N) is 4. The Hall–Kier alpha value is -3.02. The number of hydrogen-bond donors (Lipinski definition) is 0. The summed E-state index contributed by atoms with van der Waals surface area (Å²) in [6.45, 7) is 4.61. The highest BCUT2D eigenvalue weighted by atomic mass is 35.5. The van der Waals surface area contributed by atoms with Gasteiger partial charge in [0.05, 0.1) is 34.0 Å². The van der Waals surface area contributed by atoms with Gasteiger partial charge in [-0.2, -0.15) is 0 Å². The maximum atomic E-state index is 13.7. The number of morpholine rings is 1. The number of anilines is 2. The van der Waals surface area contributed by atoms with E-state index in [1.165, 1.54) is 34.8 Å². The summed E-state index contributed by atoms with van der Waals surface area (Å²) in [5.41, 5.74) is 1.83. The second-order valence-corrected chi connectivity index (χ2v) is 12.0. The molecule has 39 heavy (non-hydrogen) atoms. The highest BCUT2D eigenvalue weighted by Gasteiger charge is 2.25. The van der Waals surface area contributed by atoms with Gasteiger partial charge in [0.15, 0.2) is 5.13 Å². The first-order valence-corrected chi connectivity index (χ1v) is 14.8. The quantitative estimate of drug-likeness (QED) is 0.277. The maximum Gasteiger partial charge on any atom is 0.264 e. The molecule has 0 N–H and O–H groups in total. The van der Waals surface area contributed by atoms with Crippen LogP contribution in [-0.2, 0) is 14.8 Å². The minimum Gasteiger partial charge on any atom is -0.379 e. The molecule has 3 aromatic carbocycles. The summed E-state index contributed by atoms with van der Waals surface area (Å²) in [5.74, 6) is -0.202. The van der Waals surface area contributed by atoms with Crippen LogP contribution in [0.3, 0.4) is 0 Å². The SMILES string of the molecule is CN(c1ccccc1)S(=O)(=O)c1ccc(C(=O)N(CCCN2CCOCC2)c2nc3ccccc3s2)cc1.Cl. The van der Waals surface area contributed by atoms with Gasteiger partial charge in [0.1, 0.15) is 0 Å². The van der Waals surface area contributed by atoms with E-state index in [2.05, 4.69) is 4.90 Å². The molecule has 1 saturated heterocycles. The van der Waals surface area contributed by atoms with Crippen molar-refractivity contribution >= 4 is 60.7 Å². The van der Waals surface area contributed by atoms with Crippen LogP contribution in [0.5, 0.6) is 0 Å². The Morgan fingerprint density at radius 1 is 0.974 bits per heavy atom. The van der Waals surface area contributed by atoms with Crippen LogP contribution in [0.2, 0.25) is 0 Å². The van der Waals surface area contributed by atoms with Crippen LogP contribution in [-0.4, -0.2) is 70.6 Å². The molecule has 0 bridgehead atoms. The van der Waals surface area contributed by atoms with Crippen molar-refractivity contribution in [2.75, 3.05) is 55.6 Å². The lowest BCUT2D eigenvalue weighted by Crippen LogP contribution is -2.39. The summed E-state index contributed by atoms with van der Waals surface area (Å²) in [5, 5.41) is 0.638. The number of ether oxygens (including phenoxy) is 1. The van der Waals surface area contributed by atoms with E-state index in [1.807, 2.05) is 30.3 Å². The molecule has 4 aromatic rings. The van der Waals surface area contributed by atoms with Crippen molar-refractivity contribution in [3.63, 3.8) is 0 Å². The monoisotopic (exact) mass is 586 g/mol. The fourth-order valence-corrected chi connectivity index (χ4v) is 6.58. The van der Waals surface area contributed by atoms with Crippen molar-refractivity contribution < 1.29 is 17.9 Å². The molecule has 0 unspecified atom stereocenters. The van der Waals surface area contributed by atoms with Crippen molar-refractivity contribution in [3.8, 4) is 0 Å². The van der Waals surface area contributed by atoms with Crippen LogP contribution in [0.4, 0.5) is 10.8 Å². The third-order valence-corrected chi connectivity index (χ3v) is 9.46. The summed E-state index contributed by atoms with van der Waals surface area (Å²) in [6.07, 6.45) is 0.788. The molecule has 11 heteroatoms. The molecule has 1 amide bonds. The average molecular weight is 587 g/mol. The van der Waals surface area contributed by atoms with E-state index in [1.54, 1.807) is 41.3 Å². The minimum absolute atomic E-state index is 0. The number of hydrogen-bond acceptors (Lipinski definition) is 7. The fraction of sp³-hybridized carbons (Fsp3) is 0.286. The zero-order valence-electron chi connectivity index (χ0n) is 21.6. The minimum atomic E-state index is -3.77. The molecule has 8 nitrogen and oxygen atoms in total. The largest absolute Gasteiger partial charge is 0.379 e. The predicted octanol–water partition coefficient (Wildman–Crippen LogP) is 4.91. The maximum absolute atomic E-state index is 13.7. The molecule has 5 rings (SSSR count). The van der Waals surface area contributed by atoms with Gasteiger partial charge in [-0.15, -0.1) is 12.4 Å². The van der Waals surface area contributed by atoms with Gasteiger partial charge in [0.2, 0.25) is 0 Å². The summed E-state index contributed by atoms with van der Waals surface area (Å²) in [7, 11) is -2.25. The highest BCUT2D eigenvalue weighted by Crippen LogP contribution is 2.30. The number of fused-ring (bicyclic) bond motifs is 1. The Morgan fingerprint density at radius 2 is 1.64 bits per heavy atom. The van der Waals surface area contributed by atoms with Gasteiger partial charge in [-0.25, -0.2) is 13.4 Å². The Balaban J connectivity index is 0.00000353. The molecule has 0 saturated carbocycles. The van der Waals surface area contributed by atoms with E-state index in [9.17, 15) is 13.2 Å². The molecular formula is C28H31ClN4O4S2. The second-order valence-electron chi connectivity index (χ2n) is 9.06. The first-order valence-electron chi connectivity index (χ1n) is 12.5. The molecular weight excluding hydrogens is 556 g/mol. The van der Waals surface area contributed by atoms with E-state index in [-0.39, 0.29) is 23.2 Å². The van der Waals surface area contributed by atoms with Crippen LogP contribution in [0.15, 0.2) is 83.8 Å². The molecule has 0 radical (unpaired) electrons. The molecule has 206 valence electrons. The lowest BCUT2D eigenvalue weighted by molar-refractivity contribution is 0.0376. The van der Waals surface area contributed by atoms with Gasteiger partial charge < -0.3 is 4.74 Å². The Bertz CT molecular complexity index is 1460. The standard InChI is InChI=1S/C28H30N4O4S2.ClH/c1-30(23-8-3-2-4-9-23)38(34,35)24-14-12-22(13-15-24)27(33)32(17-7-16-31-18-20-36-21-19-31)28-29-25-10-5-6-11-26(25)37-28;/h2-6,8-15H,7,16-21H2,1H3;1H. The fourth-order valence-electron chi connectivity index (χ4n) is 4.40. The number of amides is 1. The third-order valence-electron chi connectivity index (χ3n) is 6.60. The number of carbonyl (C=O) groups is 1. The summed E-state index contributed by atoms with van der Waals surface area (Å²) >= 11 is 1.48. The van der Waals surface area contributed by atoms with Crippen LogP contribution >= 0.6 is 23.7 Å². The van der Waals surface area contributed by atoms with Crippen molar-refractivity contribution in [1.29, 1.82) is 0 Å². The van der Waals surface area contributed by atoms with E-state index in [0.717, 1.165) is 49.5 Å². The number of halogens is 1. The highest BCUT2D eigenvalue weighted by molar-refractivity contribution is 7.92. The Morgan fingerprint density at radius 3 is 2.33 bits per heavy atom. The Kier molecular flexibility index (Phi) is 9.58. The van der Waals surface area contributed by atoms with Gasteiger partial charge in [-0.05, 0) is 55.0 Å². The summed E-state index contributed by atoms with van der Waals surface area (Å²) in [4.78, 5) is 22.6. The Labute approximate surface area is 239 Å². The summed E-state index contributed by atoms with van der Waals surface area (Å²) in [6, 6.07) is 22.9. The molecule has 0 atom stereocenters. The number of benzene rings is 3. The number of carbonyl (C=O) groups excluding carboxylic acids is 1. The van der Waals surface area contributed by atoms with Gasteiger partial charge in [-0.3, -0.25) is 18.9 Å². The topological polar surface area (TPSA) is 83.1 Å². The number of rotatable bonds is 9. The smallest absolute Gasteiger partial charge is 0.264 e. The lowest BCUT2D eigenvalue weighted by Gasteiger charge is -2.27. The molecule has 1 aromatic heterocycles. The normalized spacial score (nSPS) is 14.1. The second kappa shape index (κ2) is 12.9. The van der Waals surface area contributed by atoms with E-state index in [4.69, 9.17) is 9.72 Å².